The Morgan fingerprint density at radius 2 is 1.90 bits per heavy atom. The fraction of sp³-hybridized carbons (Fsp3) is 0.0625. The Balaban J connectivity index is 1.81. The quantitative estimate of drug-likeness (QED) is 0.579. The van der Waals surface area contributed by atoms with Crippen LogP contribution in [0.4, 0.5) is 0 Å². The van der Waals surface area contributed by atoms with Gasteiger partial charge in [-0.05, 0) is 17.0 Å². The zero-order valence-electron chi connectivity index (χ0n) is 11.2. The standard InChI is InChI=1S/C16H12N4S/c1-2-4-12(5-3-1)8-20-11-19-15-14(13-6-7-21-9-13)17-10-18-16(15)20/h1-7,9-11H,8H2. The summed E-state index contributed by atoms with van der Waals surface area (Å²) in [6.07, 6.45) is 3.45. The Morgan fingerprint density at radius 1 is 1.00 bits per heavy atom. The Labute approximate surface area is 125 Å². The summed E-state index contributed by atoms with van der Waals surface area (Å²) < 4.78 is 2.06. The number of benzene rings is 1. The van der Waals surface area contributed by atoms with Gasteiger partial charge in [0, 0.05) is 10.9 Å². The van der Waals surface area contributed by atoms with E-state index in [2.05, 4.69) is 43.1 Å². The molecule has 5 heteroatoms. The van der Waals surface area contributed by atoms with E-state index in [1.54, 1.807) is 17.7 Å². The van der Waals surface area contributed by atoms with E-state index in [1.165, 1.54) is 5.56 Å². The highest BCUT2D eigenvalue weighted by Crippen LogP contribution is 2.26. The van der Waals surface area contributed by atoms with Crippen LogP contribution in [0.15, 0.2) is 59.8 Å². The van der Waals surface area contributed by atoms with Crippen LogP contribution < -0.4 is 0 Å². The summed E-state index contributed by atoms with van der Waals surface area (Å²) in [4.78, 5) is 13.3. The van der Waals surface area contributed by atoms with Crippen LogP contribution in [-0.2, 0) is 6.54 Å². The predicted molar refractivity (Wildman–Crippen MR) is 84.2 cm³/mol. The normalized spacial score (nSPS) is 11.0. The third-order valence-electron chi connectivity index (χ3n) is 3.39. The minimum absolute atomic E-state index is 0.761. The third-order valence-corrected chi connectivity index (χ3v) is 4.07. The molecule has 0 bridgehead atoms. The largest absolute Gasteiger partial charge is 0.311 e. The average molecular weight is 292 g/mol. The van der Waals surface area contributed by atoms with Gasteiger partial charge >= 0.3 is 0 Å². The summed E-state index contributed by atoms with van der Waals surface area (Å²) in [6.45, 7) is 0.761. The highest BCUT2D eigenvalue weighted by Gasteiger charge is 2.12. The van der Waals surface area contributed by atoms with Gasteiger partial charge in [-0.2, -0.15) is 11.3 Å². The summed E-state index contributed by atoms with van der Waals surface area (Å²) in [5, 5.41) is 4.13. The molecule has 4 rings (SSSR count). The van der Waals surface area contributed by atoms with Crippen LogP contribution in [0.1, 0.15) is 5.56 Å². The van der Waals surface area contributed by atoms with Crippen molar-refractivity contribution in [1.82, 2.24) is 19.5 Å². The van der Waals surface area contributed by atoms with Gasteiger partial charge < -0.3 is 4.57 Å². The number of fused-ring (bicyclic) bond motifs is 1. The molecule has 3 heterocycles. The molecule has 0 saturated carbocycles. The van der Waals surface area contributed by atoms with Crippen LogP contribution in [0.3, 0.4) is 0 Å². The number of thiophene rings is 1. The van der Waals surface area contributed by atoms with Crippen molar-refractivity contribution in [2.45, 2.75) is 6.54 Å². The van der Waals surface area contributed by atoms with Crippen molar-refractivity contribution >= 4 is 22.5 Å². The third kappa shape index (κ3) is 2.21. The highest BCUT2D eigenvalue weighted by molar-refractivity contribution is 7.08. The average Bonchev–Trinajstić information content (AvgIpc) is 3.18. The van der Waals surface area contributed by atoms with Gasteiger partial charge in [-0.3, -0.25) is 0 Å². The molecule has 4 aromatic rings. The van der Waals surface area contributed by atoms with Crippen molar-refractivity contribution in [2.75, 3.05) is 0 Å². The molecule has 102 valence electrons. The molecule has 0 radical (unpaired) electrons. The first-order chi connectivity index (χ1) is 10.4. The molecular weight excluding hydrogens is 280 g/mol. The number of aromatic nitrogens is 4. The molecule has 0 unspecified atom stereocenters. The molecule has 1 aromatic carbocycles. The smallest absolute Gasteiger partial charge is 0.164 e. The van der Waals surface area contributed by atoms with Crippen LogP contribution in [0.25, 0.3) is 22.4 Å². The fourth-order valence-corrected chi connectivity index (χ4v) is 3.03. The van der Waals surface area contributed by atoms with Gasteiger partial charge in [0.15, 0.2) is 5.65 Å². The maximum atomic E-state index is 4.51. The van der Waals surface area contributed by atoms with Gasteiger partial charge in [0.05, 0.1) is 12.9 Å². The summed E-state index contributed by atoms with van der Waals surface area (Å²) in [5.74, 6) is 0. The van der Waals surface area contributed by atoms with Crippen LogP contribution in [-0.4, -0.2) is 19.5 Å². The van der Waals surface area contributed by atoms with Crippen LogP contribution in [0.5, 0.6) is 0 Å². The maximum Gasteiger partial charge on any atom is 0.164 e. The Morgan fingerprint density at radius 3 is 2.71 bits per heavy atom. The van der Waals surface area contributed by atoms with E-state index < -0.39 is 0 Å². The topological polar surface area (TPSA) is 43.6 Å². The summed E-state index contributed by atoms with van der Waals surface area (Å²) in [7, 11) is 0. The van der Waals surface area contributed by atoms with Crippen molar-refractivity contribution in [2.24, 2.45) is 0 Å². The monoisotopic (exact) mass is 292 g/mol. The lowest BCUT2D eigenvalue weighted by atomic mass is 10.2. The highest BCUT2D eigenvalue weighted by atomic mass is 32.1. The number of rotatable bonds is 3. The lowest BCUT2D eigenvalue weighted by molar-refractivity contribution is 0.813. The second-order valence-corrected chi connectivity index (χ2v) is 5.54. The molecule has 0 fully saturated rings. The lowest BCUT2D eigenvalue weighted by Crippen LogP contribution is -1.99. The second kappa shape index (κ2) is 5.10. The van der Waals surface area contributed by atoms with E-state index >= 15 is 0 Å². The Kier molecular flexibility index (Phi) is 2.97. The minimum Gasteiger partial charge on any atom is -0.311 e. The number of nitrogens with zero attached hydrogens (tertiary/aromatic N) is 4. The van der Waals surface area contributed by atoms with E-state index in [-0.39, 0.29) is 0 Å². The summed E-state index contributed by atoms with van der Waals surface area (Å²) >= 11 is 1.66. The molecule has 0 aliphatic rings. The van der Waals surface area contributed by atoms with Crippen molar-refractivity contribution in [3.8, 4) is 11.3 Å². The molecule has 4 nitrogen and oxygen atoms in total. The minimum atomic E-state index is 0.761. The first-order valence-electron chi connectivity index (χ1n) is 6.64. The van der Waals surface area contributed by atoms with Crippen LogP contribution >= 0.6 is 11.3 Å². The van der Waals surface area contributed by atoms with E-state index in [9.17, 15) is 0 Å². The van der Waals surface area contributed by atoms with E-state index in [0.29, 0.717) is 0 Å². The molecule has 21 heavy (non-hydrogen) atoms. The Hall–Kier alpha value is -2.53. The Bertz CT molecular complexity index is 866. The first-order valence-corrected chi connectivity index (χ1v) is 7.58. The molecule has 0 aliphatic heterocycles. The zero-order chi connectivity index (χ0) is 14.1. The number of hydrogen-bond acceptors (Lipinski definition) is 4. The number of hydrogen-bond donors (Lipinski definition) is 0. The second-order valence-electron chi connectivity index (χ2n) is 4.76. The van der Waals surface area contributed by atoms with E-state index in [1.807, 2.05) is 29.9 Å². The molecule has 0 spiro atoms. The van der Waals surface area contributed by atoms with Crippen LogP contribution in [0, 0.1) is 0 Å². The molecule has 0 saturated heterocycles. The van der Waals surface area contributed by atoms with Crippen molar-refractivity contribution in [1.29, 1.82) is 0 Å². The fourth-order valence-electron chi connectivity index (χ4n) is 2.39. The summed E-state index contributed by atoms with van der Waals surface area (Å²) in [5.41, 5.74) is 4.94. The number of imidazole rings is 1. The lowest BCUT2D eigenvalue weighted by Gasteiger charge is -2.04. The van der Waals surface area contributed by atoms with E-state index in [0.717, 1.165) is 29.0 Å². The maximum absolute atomic E-state index is 4.51. The molecule has 0 aliphatic carbocycles. The van der Waals surface area contributed by atoms with Gasteiger partial charge in [0.25, 0.3) is 0 Å². The van der Waals surface area contributed by atoms with Crippen LogP contribution in [0.2, 0.25) is 0 Å². The van der Waals surface area contributed by atoms with Crippen molar-refractivity contribution in [3.63, 3.8) is 0 Å². The van der Waals surface area contributed by atoms with Gasteiger partial charge in [0.1, 0.15) is 17.5 Å². The van der Waals surface area contributed by atoms with Crippen molar-refractivity contribution < 1.29 is 0 Å². The van der Waals surface area contributed by atoms with E-state index in [4.69, 9.17) is 0 Å². The van der Waals surface area contributed by atoms with Crippen molar-refractivity contribution in [3.05, 3.63) is 65.4 Å². The first kappa shape index (κ1) is 12.2. The predicted octanol–water partition coefficient (Wildman–Crippen LogP) is 3.60. The molecule has 0 N–H and O–H groups in total. The summed E-state index contributed by atoms with van der Waals surface area (Å²) in [6, 6.07) is 12.4. The molecular formula is C16H12N4S. The molecule has 0 atom stereocenters. The molecule has 3 aromatic heterocycles. The zero-order valence-corrected chi connectivity index (χ0v) is 12.0. The molecule has 0 amide bonds. The van der Waals surface area contributed by atoms with Gasteiger partial charge in [-0.15, -0.1) is 0 Å². The van der Waals surface area contributed by atoms with Gasteiger partial charge in [-0.25, -0.2) is 15.0 Å². The SMILES string of the molecule is c1ccc(Cn2cnc3c(-c4ccsc4)ncnc32)cc1. The van der Waals surface area contributed by atoms with Gasteiger partial charge in [0.2, 0.25) is 0 Å². The van der Waals surface area contributed by atoms with Gasteiger partial charge in [-0.1, -0.05) is 30.3 Å².